The Hall–Kier alpha value is -2.39. The summed E-state index contributed by atoms with van der Waals surface area (Å²) in [5.41, 5.74) is 1.08. The fourth-order valence-corrected chi connectivity index (χ4v) is 3.34. The average molecular weight is 493 g/mol. The second kappa shape index (κ2) is 10.3. The predicted molar refractivity (Wildman–Crippen MR) is 123 cm³/mol. The molecule has 0 bridgehead atoms. The van der Waals surface area contributed by atoms with Crippen LogP contribution in [0.5, 0.6) is 5.75 Å². The Labute approximate surface area is 191 Å². The van der Waals surface area contributed by atoms with E-state index < -0.39 is 11.7 Å². The second-order valence-electron chi connectivity index (χ2n) is 8.17. The molecule has 1 aliphatic heterocycles. The summed E-state index contributed by atoms with van der Waals surface area (Å²) >= 11 is 3.49. The lowest BCUT2D eigenvalue weighted by molar-refractivity contribution is 0.0576. The highest BCUT2D eigenvalue weighted by atomic mass is 79.9. The first-order valence-electron chi connectivity index (χ1n) is 10.2. The number of amides is 1. The molecule has 1 aliphatic rings. The first-order chi connectivity index (χ1) is 14.8. The predicted octanol–water partition coefficient (Wildman–Crippen LogP) is 4.16. The van der Waals surface area contributed by atoms with E-state index >= 15 is 0 Å². The van der Waals surface area contributed by atoms with Gasteiger partial charge in [-0.25, -0.2) is 9.78 Å². The number of morpholine rings is 1. The summed E-state index contributed by atoms with van der Waals surface area (Å²) in [4.78, 5) is 26.1. The average Bonchev–Trinajstić information content (AvgIpc) is 2.76. The van der Waals surface area contributed by atoms with Crippen molar-refractivity contribution >= 4 is 33.8 Å². The third kappa shape index (κ3) is 6.54. The van der Waals surface area contributed by atoms with Crippen molar-refractivity contribution in [3.8, 4) is 5.75 Å². The minimum absolute atomic E-state index is 0.306. The highest BCUT2D eigenvalue weighted by Crippen LogP contribution is 2.24. The van der Waals surface area contributed by atoms with Crippen LogP contribution in [0.25, 0.3) is 0 Å². The molecule has 0 radical (unpaired) electrons. The van der Waals surface area contributed by atoms with E-state index in [-0.39, 0.29) is 0 Å². The third-order valence-electron chi connectivity index (χ3n) is 4.57. The van der Waals surface area contributed by atoms with Crippen LogP contribution in [0.3, 0.4) is 0 Å². The van der Waals surface area contributed by atoms with E-state index in [2.05, 4.69) is 25.8 Å². The van der Waals surface area contributed by atoms with Gasteiger partial charge in [0.05, 0.1) is 32.6 Å². The normalized spacial score (nSPS) is 14.3. The molecule has 9 heteroatoms. The topological polar surface area (TPSA) is 77.0 Å². The minimum Gasteiger partial charge on any atom is -0.497 e. The van der Waals surface area contributed by atoms with Crippen molar-refractivity contribution in [3.05, 3.63) is 41.6 Å². The van der Waals surface area contributed by atoms with Crippen molar-refractivity contribution < 1.29 is 19.0 Å². The molecule has 1 aromatic carbocycles. The van der Waals surface area contributed by atoms with Crippen LogP contribution in [0.4, 0.5) is 16.6 Å². The van der Waals surface area contributed by atoms with Gasteiger partial charge in [-0.2, -0.15) is 4.98 Å². The molecular formula is C22H29BrN4O4. The Morgan fingerprint density at radius 2 is 1.87 bits per heavy atom. The second-order valence-corrected chi connectivity index (χ2v) is 8.73. The van der Waals surface area contributed by atoms with Crippen molar-refractivity contribution in [3.63, 3.8) is 0 Å². The Bertz CT molecular complexity index is 880. The van der Waals surface area contributed by atoms with E-state index in [0.717, 1.165) is 17.0 Å². The van der Waals surface area contributed by atoms with Crippen LogP contribution >= 0.6 is 15.9 Å². The molecule has 2 aromatic rings. The third-order valence-corrected chi connectivity index (χ3v) is 5.15. The molecule has 0 saturated carbocycles. The van der Waals surface area contributed by atoms with E-state index in [1.165, 1.54) is 0 Å². The van der Waals surface area contributed by atoms with Gasteiger partial charge in [0.25, 0.3) is 0 Å². The van der Waals surface area contributed by atoms with Gasteiger partial charge in [-0.3, -0.25) is 4.90 Å². The van der Waals surface area contributed by atoms with Crippen molar-refractivity contribution in [2.24, 2.45) is 0 Å². The van der Waals surface area contributed by atoms with Crippen LogP contribution in [-0.4, -0.2) is 55.1 Å². The number of hydrogen-bond donors (Lipinski definition) is 0. The largest absolute Gasteiger partial charge is 0.497 e. The maximum atomic E-state index is 13.1. The SMILES string of the molecule is COc1ccc(CN(C(=O)OC(C)(C)C)c2cc(CBr)nc(N3CCOCC3)n2)cc1. The zero-order valence-electron chi connectivity index (χ0n) is 18.4. The monoisotopic (exact) mass is 492 g/mol. The zero-order chi connectivity index (χ0) is 22.4. The molecule has 0 N–H and O–H groups in total. The van der Waals surface area contributed by atoms with Gasteiger partial charge in [0.2, 0.25) is 5.95 Å². The van der Waals surface area contributed by atoms with Crippen LogP contribution in [0.15, 0.2) is 30.3 Å². The summed E-state index contributed by atoms with van der Waals surface area (Å²) in [6.45, 7) is 8.50. The Kier molecular flexibility index (Phi) is 7.72. The van der Waals surface area contributed by atoms with Crippen molar-refractivity contribution in [1.82, 2.24) is 9.97 Å². The summed E-state index contributed by atoms with van der Waals surface area (Å²) in [6.07, 6.45) is -0.463. The Morgan fingerprint density at radius 1 is 1.19 bits per heavy atom. The molecule has 1 aromatic heterocycles. The number of hydrogen-bond acceptors (Lipinski definition) is 7. The summed E-state index contributed by atoms with van der Waals surface area (Å²) in [7, 11) is 1.62. The standard InChI is InChI=1S/C22H29BrN4O4/c1-22(2,3)31-21(28)27(15-16-5-7-18(29-4)8-6-16)19-13-17(14-23)24-20(25-19)26-9-11-30-12-10-26/h5-8,13H,9-12,14-15H2,1-4H3. The molecule has 1 fully saturated rings. The van der Waals surface area contributed by atoms with Crippen LogP contribution < -0.4 is 14.5 Å². The highest BCUT2D eigenvalue weighted by Gasteiger charge is 2.26. The number of benzene rings is 1. The number of carbonyl (C=O) groups excluding carboxylic acids is 1. The fraction of sp³-hybridized carbons (Fsp3) is 0.500. The molecule has 0 unspecified atom stereocenters. The van der Waals surface area contributed by atoms with Gasteiger partial charge in [-0.05, 0) is 38.5 Å². The number of rotatable bonds is 6. The lowest BCUT2D eigenvalue weighted by Gasteiger charge is -2.30. The molecule has 0 aliphatic carbocycles. The van der Waals surface area contributed by atoms with Crippen molar-refractivity contribution in [2.75, 3.05) is 43.2 Å². The van der Waals surface area contributed by atoms with Gasteiger partial charge < -0.3 is 19.1 Å². The highest BCUT2D eigenvalue weighted by molar-refractivity contribution is 9.08. The fourth-order valence-electron chi connectivity index (χ4n) is 3.05. The maximum absolute atomic E-state index is 13.1. The maximum Gasteiger partial charge on any atom is 0.416 e. The van der Waals surface area contributed by atoms with Gasteiger partial charge >= 0.3 is 6.09 Å². The van der Waals surface area contributed by atoms with Gasteiger partial charge in [-0.15, -0.1) is 0 Å². The Balaban J connectivity index is 1.97. The number of carbonyl (C=O) groups is 1. The number of nitrogens with zero attached hydrogens (tertiary/aromatic N) is 4. The number of anilines is 2. The van der Waals surface area contributed by atoms with Crippen LogP contribution in [0.1, 0.15) is 32.0 Å². The Morgan fingerprint density at radius 3 is 2.45 bits per heavy atom. The molecule has 1 amide bonds. The van der Waals surface area contributed by atoms with Crippen LogP contribution in [-0.2, 0) is 21.3 Å². The van der Waals surface area contributed by atoms with Crippen LogP contribution in [0, 0.1) is 0 Å². The summed E-state index contributed by atoms with van der Waals surface area (Å²) in [6, 6.07) is 9.39. The van der Waals surface area contributed by atoms with Crippen molar-refractivity contribution in [1.29, 1.82) is 0 Å². The van der Waals surface area contributed by atoms with Gasteiger partial charge in [0.15, 0.2) is 0 Å². The molecule has 31 heavy (non-hydrogen) atoms. The van der Waals surface area contributed by atoms with Gasteiger partial charge in [0, 0.05) is 24.5 Å². The van der Waals surface area contributed by atoms with E-state index in [9.17, 15) is 4.79 Å². The molecule has 8 nitrogen and oxygen atoms in total. The van der Waals surface area contributed by atoms with E-state index in [0.29, 0.717) is 49.9 Å². The first kappa shape index (κ1) is 23.3. The molecule has 2 heterocycles. The molecule has 0 spiro atoms. The molecular weight excluding hydrogens is 464 g/mol. The number of aromatic nitrogens is 2. The molecule has 1 saturated heterocycles. The smallest absolute Gasteiger partial charge is 0.416 e. The molecule has 168 valence electrons. The number of methoxy groups -OCH3 is 1. The molecule has 0 atom stereocenters. The van der Waals surface area contributed by atoms with E-state index in [1.54, 1.807) is 12.0 Å². The quantitative estimate of drug-likeness (QED) is 0.560. The summed E-state index contributed by atoms with van der Waals surface area (Å²) in [5.74, 6) is 1.83. The van der Waals surface area contributed by atoms with Crippen LogP contribution in [0.2, 0.25) is 0 Å². The summed E-state index contributed by atoms with van der Waals surface area (Å²) < 4.78 is 16.4. The first-order valence-corrected chi connectivity index (χ1v) is 11.3. The summed E-state index contributed by atoms with van der Waals surface area (Å²) in [5, 5.41) is 0.546. The molecule has 3 rings (SSSR count). The van der Waals surface area contributed by atoms with Gasteiger partial charge in [0.1, 0.15) is 17.2 Å². The van der Waals surface area contributed by atoms with Crippen molar-refractivity contribution in [2.45, 2.75) is 38.2 Å². The van der Waals surface area contributed by atoms with E-state index in [1.807, 2.05) is 51.1 Å². The lowest BCUT2D eigenvalue weighted by atomic mass is 10.2. The number of halogens is 1. The zero-order valence-corrected chi connectivity index (χ0v) is 20.0. The number of alkyl halides is 1. The van der Waals surface area contributed by atoms with Gasteiger partial charge in [-0.1, -0.05) is 28.1 Å². The minimum atomic E-state index is -0.631. The number of ether oxygens (including phenoxy) is 3. The van der Waals surface area contributed by atoms with E-state index in [4.69, 9.17) is 19.2 Å². The lowest BCUT2D eigenvalue weighted by Crippen LogP contribution is -2.39.